The van der Waals surface area contributed by atoms with Gasteiger partial charge >= 0.3 is 0 Å². The van der Waals surface area contributed by atoms with E-state index in [9.17, 15) is 4.79 Å². The molecular weight excluding hydrogens is 378 g/mol. The highest BCUT2D eigenvalue weighted by Crippen LogP contribution is 2.29. The molecule has 2 aliphatic rings. The first-order valence-electron chi connectivity index (χ1n) is 10.4. The molecule has 1 saturated heterocycles. The molecule has 0 saturated carbocycles. The van der Waals surface area contributed by atoms with Crippen molar-refractivity contribution in [3.05, 3.63) is 65.4 Å². The minimum absolute atomic E-state index is 0.0191. The van der Waals surface area contributed by atoms with E-state index in [1.807, 2.05) is 42.2 Å². The monoisotopic (exact) mass is 403 g/mol. The number of nitrogens with zero attached hydrogens (tertiary/aromatic N) is 6. The molecule has 30 heavy (non-hydrogen) atoms. The van der Waals surface area contributed by atoms with E-state index in [0.29, 0.717) is 5.56 Å². The molecule has 4 heterocycles. The predicted octanol–water partition coefficient (Wildman–Crippen LogP) is 2.03. The van der Waals surface area contributed by atoms with Crippen LogP contribution in [0.3, 0.4) is 0 Å². The van der Waals surface area contributed by atoms with E-state index in [1.54, 1.807) is 6.20 Å². The van der Waals surface area contributed by atoms with E-state index in [1.165, 1.54) is 5.56 Å². The summed E-state index contributed by atoms with van der Waals surface area (Å²) in [7, 11) is 0. The van der Waals surface area contributed by atoms with Gasteiger partial charge in [0.1, 0.15) is 11.6 Å². The number of amides is 1. The van der Waals surface area contributed by atoms with Crippen molar-refractivity contribution in [2.24, 2.45) is 0 Å². The number of hydrogen-bond donors (Lipinski definition) is 1. The summed E-state index contributed by atoms with van der Waals surface area (Å²) in [6, 6.07) is 12.0. The van der Waals surface area contributed by atoms with E-state index in [2.05, 4.69) is 36.0 Å². The molecule has 0 spiro atoms. The fraction of sp³-hybridized carbons (Fsp3) is 0.364. The van der Waals surface area contributed by atoms with Crippen LogP contribution in [0.15, 0.2) is 42.6 Å². The molecule has 0 bridgehead atoms. The Morgan fingerprint density at radius 2 is 1.90 bits per heavy atom. The lowest BCUT2D eigenvalue weighted by Gasteiger charge is -2.34. The maximum Gasteiger partial charge on any atom is 0.259 e. The summed E-state index contributed by atoms with van der Waals surface area (Å²) in [5, 5.41) is 7.11. The van der Waals surface area contributed by atoms with E-state index >= 15 is 0 Å². The molecule has 0 atom stereocenters. The Balaban J connectivity index is 1.20. The average molecular weight is 403 g/mol. The quantitative estimate of drug-likeness (QED) is 0.718. The number of carbonyl (C=O) groups is 1. The molecule has 1 aromatic carbocycles. The van der Waals surface area contributed by atoms with Crippen molar-refractivity contribution in [1.82, 2.24) is 25.1 Å². The summed E-state index contributed by atoms with van der Waals surface area (Å²) in [4.78, 5) is 28.4. The molecule has 2 aliphatic heterocycles. The highest BCUT2D eigenvalue weighted by Gasteiger charge is 2.26. The lowest BCUT2D eigenvalue weighted by atomic mass is 10.2. The Hall–Kier alpha value is -3.26. The van der Waals surface area contributed by atoms with Crippen molar-refractivity contribution in [2.45, 2.75) is 19.9 Å². The third-order valence-electron chi connectivity index (χ3n) is 5.83. The number of rotatable bonds is 4. The second-order valence-electron chi connectivity index (χ2n) is 7.84. The van der Waals surface area contributed by atoms with E-state index in [-0.39, 0.29) is 5.91 Å². The summed E-state index contributed by atoms with van der Waals surface area (Å²) >= 11 is 0. The number of aryl methyl sites for hydroxylation is 1. The van der Waals surface area contributed by atoms with Crippen molar-refractivity contribution in [3.8, 4) is 0 Å². The first-order chi connectivity index (χ1) is 14.7. The van der Waals surface area contributed by atoms with Crippen molar-refractivity contribution in [3.63, 3.8) is 0 Å². The Labute approximate surface area is 175 Å². The van der Waals surface area contributed by atoms with Crippen molar-refractivity contribution >= 4 is 17.4 Å². The number of fused-ring (bicyclic) bond motifs is 1. The molecule has 1 amide bonds. The smallest absolute Gasteiger partial charge is 0.259 e. The average Bonchev–Trinajstić information content (AvgIpc) is 3.40. The SMILES string of the molecule is Cc1nc(CN2CCN(c3ccc(C(=O)N4CCc5ccccc54)cn3)CC2)n[nH]1. The number of aromatic nitrogens is 4. The Bertz CT molecular complexity index is 1040. The van der Waals surface area contributed by atoms with Crippen LogP contribution in [0.5, 0.6) is 0 Å². The standard InChI is InChI=1S/C22H25N7O/c1-16-24-20(26-25-16)15-27-10-12-28(13-11-27)21-7-6-18(14-23-21)22(30)29-9-8-17-4-2-3-5-19(17)29/h2-7,14H,8-13,15H2,1H3,(H,24,25,26). The minimum Gasteiger partial charge on any atom is -0.354 e. The third-order valence-corrected chi connectivity index (χ3v) is 5.83. The van der Waals surface area contributed by atoms with Crippen LogP contribution in [0.25, 0.3) is 0 Å². The van der Waals surface area contributed by atoms with Gasteiger partial charge in [0.15, 0.2) is 5.82 Å². The number of aromatic amines is 1. The largest absolute Gasteiger partial charge is 0.354 e. The molecule has 0 unspecified atom stereocenters. The normalized spacial score (nSPS) is 16.7. The molecule has 1 fully saturated rings. The Kier molecular flexibility index (Phi) is 4.92. The third kappa shape index (κ3) is 3.66. The van der Waals surface area contributed by atoms with Gasteiger partial charge < -0.3 is 9.80 Å². The van der Waals surface area contributed by atoms with Crippen LogP contribution in [-0.4, -0.2) is 63.7 Å². The topological polar surface area (TPSA) is 81.2 Å². The van der Waals surface area contributed by atoms with Gasteiger partial charge in [0.25, 0.3) is 5.91 Å². The molecule has 3 aromatic rings. The molecule has 0 radical (unpaired) electrons. The molecular formula is C22H25N7O. The number of hydrogen-bond acceptors (Lipinski definition) is 6. The summed E-state index contributed by atoms with van der Waals surface area (Å²) in [5.41, 5.74) is 2.88. The molecule has 154 valence electrons. The molecule has 5 rings (SSSR count). The fourth-order valence-electron chi connectivity index (χ4n) is 4.20. The van der Waals surface area contributed by atoms with E-state index in [4.69, 9.17) is 0 Å². The van der Waals surface area contributed by atoms with Crippen molar-refractivity contribution in [1.29, 1.82) is 0 Å². The fourth-order valence-corrected chi connectivity index (χ4v) is 4.20. The molecule has 8 heteroatoms. The first kappa shape index (κ1) is 18.7. The number of pyridine rings is 1. The van der Waals surface area contributed by atoms with Gasteiger partial charge in [-0.3, -0.25) is 14.8 Å². The van der Waals surface area contributed by atoms with Crippen LogP contribution in [0.4, 0.5) is 11.5 Å². The zero-order valence-corrected chi connectivity index (χ0v) is 17.1. The number of carbonyl (C=O) groups excluding carboxylic acids is 1. The Morgan fingerprint density at radius 1 is 1.07 bits per heavy atom. The van der Waals surface area contributed by atoms with Gasteiger partial charge in [0, 0.05) is 44.6 Å². The summed E-state index contributed by atoms with van der Waals surface area (Å²) < 4.78 is 0. The van der Waals surface area contributed by atoms with Crippen LogP contribution >= 0.6 is 0 Å². The van der Waals surface area contributed by atoms with Gasteiger partial charge in [-0.05, 0) is 37.1 Å². The van der Waals surface area contributed by atoms with Crippen LogP contribution < -0.4 is 9.80 Å². The maximum absolute atomic E-state index is 13.0. The summed E-state index contributed by atoms with van der Waals surface area (Å²) in [6.07, 6.45) is 2.62. The number of anilines is 2. The minimum atomic E-state index is 0.0191. The van der Waals surface area contributed by atoms with Gasteiger partial charge in [-0.2, -0.15) is 5.10 Å². The Morgan fingerprint density at radius 3 is 2.63 bits per heavy atom. The van der Waals surface area contributed by atoms with Crippen LogP contribution in [0, 0.1) is 6.92 Å². The van der Waals surface area contributed by atoms with Gasteiger partial charge in [-0.1, -0.05) is 18.2 Å². The van der Waals surface area contributed by atoms with Crippen LogP contribution in [0.1, 0.15) is 27.6 Å². The van der Waals surface area contributed by atoms with Crippen LogP contribution in [0.2, 0.25) is 0 Å². The zero-order valence-electron chi connectivity index (χ0n) is 17.1. The number of para-hydroxylation sites is 1. The lowest BCUT2D eigenvalue weighted by molar-refractivity contribution is 0.0989. The zero-order chi connectivity index (χ0) is 20.5. The van der Waals surface area contributed by atoms with Gasteiger partial charge in [0.05, 0.1) is 12.1 Å². The van der Waals surface area contributed by atoms with Gasteiger partial charge in [0.2, 0.25) is 0 Å². The van der Waals surface area contributed by atoms with Crippen molar-refractivity contribution in [2.75, 3.05) is 42.5 Å². The molecule has 8 nitrogen and oxygen atoms in total. The maximum atomic E-state index is 13.0. The highest BCUT2D eigenvalue weighted by atomic mass is 16.2. The summed E-state index contributed by atoms with van der Waals surface area (Å²) in [5.74, 6) is 2.62. The second-order valence-corrected chi connectivity index (χ2v) is 7.84. The predicted molar refractivity (Wildman–Crippen MR) is 115 cm³/mol. The van der Waals surface area contributed by atoms with Gasteiger partial charge in [-0.15, -0.1) is 0 Å². The second kappa shape index (κ2) is 7.87. The summed E-state index contributed by atoms with van der Waals surface area (Å²) in [6.45, 7) is 7.05. The van der Waals surface area contributed by atoms with Crippen LogP contribution in [-0.2, 0) is 13.0 Å². The molecule has 0 aliphatic carbocycles. The number of H-pyrrole nitrogens is 1. The molecule has 1 N–H and O–H groups in total. The lowest BCUT2D eigenvalue weighted by Crippen LogP contribution is -2.46. The van der Waals surface area contributed by atoms with Crippen molar-refractivity contribution < 1.29 is 4.79 Å². The number of benzene rings is 1. The first-order valence-corrected chi connectivity index (χ1v) is 10.4. The van der Waals surface area contributed by atoms with E-state index in [0.717, 1.165) is 68.8 Å². The van der Waals surface area contributed by atoms with Gasteiger partial charge in [-0.25, -0.2) is 9.97 Å². The number of piperazine rings is 1. The highest BCUT2D eigenvalue weighted by molar-refractivity contribution is 6.07. The number of nitrogens with one attached hydrogen (secondary N) is 1. The van der Waals surface area contributed by atoms with E-state index < -0.39 is 0 Å². The molecule has 2 aromatic heterocycles.